The third-order valence-corrected chi connectivity index (χ3v) is 6.42. The second-order valence-electron chi connectivity index (χ2n) is 7.41. The first-order chi connectivity index (χ1) is 15.6. The van der Waals surface area contributed by atoms with E-state index in [4.69, 9.17) is 9.15 Å². The molecule has 1 N–H and O–H groups in total. The second kappa shape index (κ2) is 8.46. The summed E-state index contributed by atoms with van der Waals surface area (Å²) in [4.78, 5) is 32.7. The Hall–Kier alpha value is -3.66. The highest BCUT2D eigenvalue weighted by Gasteiger charge is 2.23. The molecule has 1 aliphatic rings. The number of carbonyl (C=O) groups excluding carboxylic acids is 1. The Balaban J connectivity index is 1.53. The molecule has 1 saturated heterocycles. The minimum Gasteiger partial charge on any atom is -0.495 e. The number of carbonyl (C=O) groups is 1. The van der Waals surface area contributed by atoms with Gasteiger partial charge in [-0.05, 0) is 37.1 Å². The summed E-state index contributed by atoms with van der Waals surface area (Å²) in [5.41, 5.74) is 0.901. The largest absolute Gasteiger partial charge is 0.495 e. The van der Waals surface area contributed by atoms with Crippen LogP contribution in [-0.4, -0.2) is 40.9 Å². The number of hydrogen-bond donors (Lipinski definition) is 1. The molecule has 9 nitrogen and oxygen atoms in total. The molecule has 4 heterocycles. The van der Waals surface area contributed by atoms with Crippen LogP contribution in [0.4, 0.5) is 10.8 Å². The number of furan rings is 1. The molecular weight excluding hydrogens is 430 g/mol. The third kappa shape index (κ3) is 3.73. The van der Waals surface area contributed by atoms with E-state index < -0.39 is 11.5 Å². The molecule has 1 amide bonds. The fourth-order valence-electron chi connectivity index (χ4n) is 3.75. The van der Waals surface area contributed by atoms with Crippen LogP contribution in [0.15, 0.2) is 51.9 Å². The average molecular weight is 452 g/mol. The SMILES string of the molecule is COc1ccccc1NC(=O)Cn1nc(-c2ccco2)c2sc(N3CCCC3)nc2c1=O. The van der Waals surface area contributed by atoms with Crippen molar-refractivity contribution in [3.05, 3.63) is 53.0 Å². The molecule has 164 valence electrons. The Morgan fingerprint density at radius 1 is 1.22 bits per heavy atom. The first kappa shape index (κ1) is 20.3. The lowest BCUT2D eigenvalue weighted by Crippen LogP contribution is -2.30. The highest BCUT2D eigenvalue weighted by atomic mass is 32.1. The number of rotatable bonds is 6. The van der Waals surface area contributed by atoms with Gasteiger partial charge in [0.05, 0.1) is 23.8 Å². The number of hydrogen-bond acceptors (Lipinski definition) is 8. The normalized spacial score (nSPS) is 13.6. The van der Waals surface area contributed by atoms with Gasteiger partial charge in [0.1, 0.15) is 18.0 Å². The van der Waals surface area contributed by atoms with Crippen LogP contribution in [0.3, 0.4) is 0 Å². The standard InChI is InChI=1S/C22H21N5O4S/c1-30-15-8-3-2-7-14(15)23-17(28)13-27-21(29)19-20(18(25-27)16-9-6-12-31-16)32-22(24-19)26-10-4-5-11-26/h2-3,6-9,12H,4-5,10-11,13H2,1H3,(H,23,28). The van der Waals surface area contributed by atoms with E-state index in [1.54, 1.807) is 36.6 Å². The van der Waals surface area contributed by atoms with Crippen LogP contribution in [0.1, 0.15) is 12.8 Å². The Labute approximate surface area is 187 Å². The van der Waals surface area contributed by atoms with Gasteiger partial charge in [-0.15, -0.1) is 0 Å². The predicted molar refractivity (Wildman–Crippen MR) is 122 cm³/mol. The molecule has 4 aromatic rings. The highest BCUT2D eigenvalue weighted by molar-refractivity contribution is 7.22. The predicted octanol–water partition coefficient (Wildman–Crippen LogP) is 3.36. The van der Waals surface area contributed by atoms with Crippen molar-refractivity contribution in [2.75, 3.05) is 30.4 Å². The van der Waals surface area contributed by atoms with Gasteiger partial charge >= 0.3 is 0 Å². The maximum atomic E-state index is 13.2. The lowest BCUT2D eigenvalue weighted by Gasteiger charge is -2.11. The van der Waals surface area contributed by atoms with Gasteiger partial charge in [0, 0.05) is 13.1 Å². The maximum absolute atomic E-state index is 13.2. The van der Waals surface area contributed by atoms with Crippen LogP contribution >= 0.6 is 11.3 Å². The zero-order valence-corrected chi connectivity index (χ0v) is 18.2. The molecule has 5 rings (SSSR count). The summed E-state index contributed by atoms with van der Waals surface area (Å²) >= 11 is 1.43. The molecule has 0 aliphatic carbocycles. The van der Waals surface area contributed by atoms with E-state index in [1.807, 2.05) is 6.07 Å². The fraction of sp³-hybridized carbons (Fsp3) is 0.273. The summed E-state index contributed by atoms with van der Waals surface area (Å²) in [6.45, 7) is 1.56. The van der Waals surface area contributed by atoms with E-state index in [0.717, 1.165) is 35.7 Å². The Morgan fingerprint density at radius 3 is 2.78 bits per heavy atom. The van der Waals surface area contributed by atoms with Gasteiger partial charge in [-0.2, -0.15) is 5.10 Å². The highest BCUT2D eigenvalue weighted by Crippen LogP contribution is 2.35. The van der Waals surface area contributed by atoms with Crippen LogP contribution in [0.25, 0.3) is 21.7 Å². The number of benzene rings is 1. The van der Waals surface area contributed by atoms with Gasteiger partial charge in [0.15, 0.2) is 16.4 Å². The first-order valence-electron chi connectivity index (χ1n) is 10.3. The Morgan fingerprint density at radius 2 is 2.03 bits per heavy atom. The molecule has 1 aliphatic heterocycles. The number of aromatic nitrogens is 3. The molecule has 0 bridgehead atoms. The van der Waals surface area contributed by atoms with Crippen LogP contribution in [0.5, 0.6) is 5.75 Å². The summed E-state index contributed by atoms with van der Waals surface area (Å²) < 4.78 is 12.6. The maximum Gasteiger partial charge on any atom is 0.294 e. The van der Waals surface area contributed by atoms with Crippen LogP contribution in [-0.2, 0) is 11.3 Å². The Kier molecular flexibility index (Phi) is 5.36. The molecule has 3 aromatic heterocycles. The summed E-state index contributed by atoms with van der Waals surface area (Å²) in [6, 6.07) is 10.6. The van der Waals surface area contributed by atoms with Crippen molar-refractivity contribution in [1.82, 2.24) is 14.8 Å². The summed E-state index contributed by atoms with van der Waals surface area (Å²) in [5, 5.41) is 8.05. The van der Waals surface area contributed by atoms with Gasteiger partial charge in [-0.1, -0.05) is 23.5 Å². The van der Waals surface area contributed by atoms with Gasteiger partial charge < -0.3 is 19.4 Å². The average Bonchev–Trinajstić information content (AvgIpc) is 3.57. The number of nitrogens with zero attached hydrogens (tertiary/aromatic N) is 4. The molecule has 0 spiro atoms. The number of methoxy groups -OCH3 is 1. The van der Waals surface area contributed by atoms with Gasteiger partial charge in [-0.25, -0.2) is 9.67 Å². The number of thiazole rings is 1. The minimum atomic E-state index is -0.410. The zero-order chi connectivity index (χ0) is 22.1. The minimum absolute atomic E-state index is 0.267. The van der Waals surface area contributed by atoms with E-state index in [1.165, 1.54) is 18.4 Å². The molecular formula is C22H21N5O4S. The summed E-state index contributed by atoms with van der Waals surface area (Å²) in [7, 11) is 1.53. The second-order valence-corrected chi connectivity index (χ2v) is 8.38. The molecule has 1 aromatic carbocycles. The van der Waals surface area contributed by atoms with Crippen molar-refractivity contribution in [3.63, 3.8) is 0 Å². The van der Waals surface area contributed by atoms with Crippen LogP contribution in [0.2, 0.25) is 0 Å². The van der Waals surface area contributed by atoms with Crippen molar-refractivity contribution >= 4 is 38.3 Å². The zero-order valence-electron chi connectivity index (χ0n) is 17.4. The van der Waals surface area contributed by atoms with Gasteiger partial charge in [0.2, 0.25) is 5.91 Å². The topological polar surface area (TPSA) is 102 Å². The molecule has 10 heteroatoms. The number of amides is 1. The van der Waals surface area contributed by atoms with E-state index in [-0.39, 0.29) is 6.54 Å². The molecule has 0 saturated carbocycles. The molecule has 0 atom stereocenters. The first-order valence-corrected chi connectivity index (χ1v) is 11.1. The smallest absolute Gasteiger partial charge is 0.294 e. The van der Waals surface area contributed by atoms with E-state index in [0.29, 0.717) is 33.1 Å². The van der Waals surface area contributed by atoms with E-state index >= 15 is 0 Å². The number of ether oxygens (including phenoxy) is 1. The van der Waals surface area contributed by atoms with Gasteiger partial charge in [-0.3, -0.25) is 9.59 Å². The lowest BCUT2D eigenvalue weighted by atomic mass is 10.3. The number of nitrogens with one attached hydrogen (secondary N) is 1. The fourth-order valence-corrected chi connectivity index (χ4v) is 4.85. The number of para-hydroxylation sites is 2. The quantitative estimate of drug-likeness (QED) is 0.479. The number of fused-ring (bicyclic) bond motifs is 1. The third-order valence-electron chi connectivity index (χ3n) is 5.29. The van der Waals surface area contributed by atoms with Crippen molar-refractivity contribution in [2.45, 2.75) is 19.4 Å². The monoisotopic (exact) mass is 451 g/mol. The van der Waals surface area contributed by atoms with E-state index in [2.05, 4.69) is 20.3 Å². The number of anilines is 2. The molecule has 32 heavy (non-hydrogen) atoms. The van der Waals surface area contributed by atoms with E-state index in [9.17, 15) is 9.59 Å². The molecule has 1 fully saturated rings. The van der Waals surface area contributed by atoms with Crippen LogP contribution < -0.4 is 20.5 Å². The molecule has 0 radical (unpaired) electrons. The molecule has 0 unspecified atom stereocenters. The lowest BCUT2D eigenvalue weighted by molar-refractivity contribution is -0.117. The summed E-state index contributed by atoms with van der Waals surface area (Å²) in [6.07, 6.45) is 3.76. The van der Waals surface area contributed by atoms with Gasteiger partial charge in [0.25, 0.3) is 5.56 Å². The van der Waals surface area contributed by atoms with Crippen molar-refractivity contribution in [3.8, 4) is 17.2 Å². The van der Waals surface area contributed by atoms with Crippen molar-refractivity contribution < 1.29 is 13.9 Å². The Bertz CT molecular complexity index is 1320. The summed E-state index contributed by atoms with van der Waals surface area (Å²) in [5.74, 6) is 0.650. The van der Waals surface area contributed by atoms with Crippen molar-refractivity contribution in [1.29, 1.82) is 0 Å². The van der Waals surface area contributed by atoms with Crippen LogP contribution in [0, 0.1) is 0 Å². The van der Waals surface area contributed by atoms with Crippen molar-refractivity contribution in [2.24, 2.45) is 0 Å².